The number of likely N-dealkylation sites (tertiary alicyclic amines) is 1. The third kappa shape index (κ3) is 3.40. The van der Waals surface area contributed by atoms with Crippen LogP contribution in [0.1, 0.15) is 19.3 Å². The van der Waals surface area contributed by atoms with E-state index in [2.05, 4.69) is 14.3 Å². The van der Waals surface area contributed by atoms with Gasteiger partial charge in [-0.25, -0.2) is 9.20 Å². The number of ether oxygens (including phenoxy) is 2. The normalized spacial score (nSPS) is 23.1. The van der Waals surface area contributed by atoms with Crippen LogP contribution in [0.2, 0.25) is 0 Å². The number of nitrogens with zero attached hydrogens (tertiary/aromatic N) is 3. The van der Waals surface area contributed by atoms with E-state index in [1.165, 1.54) is 6.42 Å². The predicted octanol–water partition coefficient (Wildman–Crippen LogP) is 3.07. The zero-order valence-electron chi connectivity index (χ0n) is 13.6. The molecule has 0 N–H and O–H groups in total. The summed E-state index contributed by atoms with van der Waals surface area (Å²) in [5.74, 6) is 1.70. The highest BCUT2D eigenvalue weighted by Gasteiger charge is 2.25. The molecular weight excluding hydrogens is 338 g/mol. The molecule has 1 fully saturated rings. The zero-order chi connectivity index (χ0) is 15.7. The van der Waals surface area contributed by atoms with Crippen LogP contribution in [-0.2, 0) is 9.73 Å². The lowest BCUT2D eigenvalue weighted by atomic mass is 10.1. The summed E-state index contributed by atoms with van der Waals surface area (Å²) >= 11 is 0. The van der Waals surface area contributed by atoms with Crippen molar-refractivity contribution in [3.63, 3.8) is 0 Å². The summed E-state index contributed by atoms with van der Waals surface area (Å²) in [6.45, 7) is 1.83. The van der Waals surface area contributed by atoms with Crippen molar-refractivity contribution in [1.29, 1.82) is 0 Å². The Bertz CT molecular complexity index is 736. The number of hydrogen-bond donors (Lipinski definition) is 0. The average Bonchev–Trinajstić information content (AvgIpc) is 2.53. The molecule has 0 amide bonds. The number of rotatable bonds is 2. The van der Waals surface area contributed by atoms with E-state index >= 15 is 0 Å². The molecule has 2 aliphatic heterocycles. The van der Waals surface area contributed by atoms with Gasteiger partial charge in [0.15, 0.2) is 11.5 Å². The summed E-state index contributed by atoms with van der Waals surface area (Å²) in [6.07, 6.45) is 5.12. The Labute approximate surface area is 143 Å². The molecule has 2 heterocycles. The molecule has 0 spiro atoms. The molecular formula is C15H22ClN3O3S. The molecule has 1 saturated heterocycles. The summed E-state index contributed by atoms with van der Waals surface area (Å²) in [5, 5.41) is 0. The first-order chi connectivity index (χ1) is 10.5. The minimum atomic E-state index is -2.53. The van der Waals surface area contributed by atoms with Gasteiger partial charge in [0.05, 0.1) is 34.5 Å². The summed E-state index contributed by atoms with van der Waals surface area (Å²) < 4.78 is 28.0. The Hall–Kier alpha value is -1.47. The van der Waals surface area contributed by atoms with Crippen molar-refractivity contribution < 1.29 is 13.7 Å². The van der Waals surface area contributed by atoms with Crippen molar-refractivity contribution in [2.24, 2.45) is 9.36 Å². The SMILES string of the molecule is COc1cc2c(cc1OC)S(C)(=O)=NC(N1CCCCC1)=N2.Cl. The Morgan fingerprint density at radius 2 is 1.70 bits per heavy atom. The van der Waals surface area contributed by atoms with Gasteiger partial charge in [-0.2, -0.15) is 4.36 Å². The molecule has 0 radical (unpaired) electrons. The van der Waals surface area contributed by atoms with Crippen molar-refractivity contribution in [1.82, 2.24) is 4.90 Å². The van der Waals surface area contributed by atoms with Gasteiger partial charge in [0, 0.05) is 31.5 Å². The van der Waals surface area contributed by atoms with Crippen LogP contribution in [0.5, 0.6) is 11.5 Å². The fraction of sp³-hybridized carbons (Fsp3) is 0.533. The first-order valence-corrected chi connectivity index (χ1v) is 9.29. The van der Waals surface area contributed by atoms with E-state index in [4.69, 9.17) is 9.47 Å². The van der Waals surface area contributed by atoms with Crippen LogP contribution in [0.15, 0.2) is 26.4 Å². The van der Waals surface area contributed by atoms with Gasteiger partial charge >= 0.3 is 0 Å². The second kappa shape index (κ2) is 6.97. The van der Waals surface area contributed by atoms with Crippen molar-refractivity contribution in [2.75, 3.05) is 33.6 Å². The van der Waals surface area contributed by atoms with E-state index in [9.17, 15) is 4.21 Å². The van der Waals surface area contributed by atoms with Crippen LogP contribution < -0.4 is 9.47 Å². The minimum Gasteiger partial charge on any atom is -0.493 e. The summed E-state index contributed by atoms with van der Waals surface area (Å²) in [6, 6.07) is 3.49. The number of benzene rings is 1. The van der Waals surface area contributed by atoms with E-state index in [1.807, 2.05) is 0 Å². The molecule has 0 bridgehead atoms. The molecule has 0 aliphatic carbocycles. The number of hydrogen-bond acceptors (Lipinski definition) is 6. The molecule has 1 unspecified atom stereocenters. The second-order valence-electron chi connectivity index (χ2n) is 5.53. The highest BCUT2D eigenvalue weighted by Crippen LogP contribution is 2.39. The van der Waals surface area contributed by atoms with Crippen LogP contribution in [0.4, 0.5) is 5.69 Å². The van der Waals surface area contributed by atoms with Gasteiger partial charge in [0.2, 0.25) is 5.96 Å². The van der Waals surface area contributed by atoms with Gasteiger partial charge < -0.3 is 14.4 Å². The standard InChI is InChI=1S/C15H21N3O3S.ClH/c1-20-12-9-11-14(10-13(12)21-2)22(3,19)17-15(16-11)18-7-5-4-6-8-18;/h9-10H,4-8H2,1-3H3;1H. The van der Waals surface area contributed by atoms with Crippen LogP contribution in [0.25, 0.3) is 0 Å². The molecule has 128 valence electrons. The molecule has 2 aliphatic rings. The zero-order valence-corrected chi connectivity index (χ0v) is 15.2. The van der Waals surface area contributed by atoms with Gasteiger partial charge in [-0.15, -0.1) is 12.4 Å². The number of halogens is 1. The molecule has 0 aromatic heterocycles. The Morgan fingerprint density at radius 3 is 2.30 bits per heavy atom. The Balaban J connectivity index is 0.00000192. The number of aliphatic imine (C=N–C) groups is 1. The van der Waals surface area contributed by atoms with Crippen LogP contribution in [0.3, 0.4) is 0 Å². The van der Waals surface area contributed by atoms with Crippen molar-refractivity contribution in [3.05, 3.63) is 12.1 Å². The Kier molecular flexibility index (Phi) is 5.41. The molecule has 23 heavy (non-hydrogen) atoms. The maximum atomic E-state index is 13.0. The third-order valence-electron chi connectivity index (χ3n) is 3.99. The highest BCUT2D eigenvalue weighted by molar-refractivity contribution is 7.93. The highest BCUT2D eigenvalue weighted by atomic mass is 35.5. The van der Waals surface area contributed by atoms with Gasteiger partial charge in [-0.1, -0.05) is 0 Å². The van der Waals surface area contributed by atoms with Crippen molar-refractivity contribution >= 4 is 33.8 Å². The van der Waals surface area contributed by atoms with E-state index in [-0.39, 0.29) is 12.4 Å². The summed E-state index contributed by atoms with van der Waals surface area (Å²) in [5.41, 5.74) is 0.653. The molecule has 1 atom stereocenters. The first-order valence-electron chi connectivity index (χ1n) is 7.37. The first kappa shape index (κ1) is 17.9. The van der Waals surface area contributed by atoms with Crippen molar-refractivity contribution in [3.8, 4) is 11.5 Å². The smallest absolute Gasteiger partial charge is 0.234 e. The lowest BCUT2D eigenvalue weighted by molar-refractivity contribution is 0.339. The van der Waals surface area contributed by atoms with E-state index in [1.54, 1.807) is 32.6 Å². The summed E-state index contributed by atoms with van der Waals surface area (Å²) in [7, 11) is 0.608. The molecule has 1 aromatic rings. The maximum absolute atomic E-state index is 13.0. The number of fused-ring (bicyclic) bond motifs is 1. The van der Waals surface area contributed by atoms with Crippen LogP contribution in [-0.4, -0.2) is 48.6 Å². The quantitative estimate of drug-likeness (QED) is 0.814. The molecule has 8 heteroatoms. The monoisotopic (exact) mass is 359 g/mol. The van der Waals surface area contributed by atoms with E-state index in [0.717, 1.165) is 25.9 Å². The average molecular weight is 360 g/mol. The predicted molar refractivity (Wildman–Crippen MR) is 94.1 cm³/mol. The van der Waals surface area contributed by atoms with Gasteiger partial charge in [0.25, 0.3) is 0 Å². The maximum Gasteiger partial charge on any atom is 0.234 e. The lowest BCUT2D eigenvalue weighted by Gasteiger charge is -2.29. The summed E-state index contributed by atoms with van der Waals surface area (Å²) in [4.78, 5) is 7.33. The van der Waals surface area contributed by atoms with Gasteiger partial charge in [0.1, 0.15) is 0 Å². The van der Waals surface area contributed by atoms with Gasteiger partial charge in [-0.05, 0) is 19.3 Å². The van der Waals surface area contributed by atoms with Crippen molar-refractivity contribution in [2.45, 2.75) is 24.2 Å². The molecule has 6 nitrogen and oxygen atoms in total. The number of piperidine rings is 1. The minimum absolute atomic E-state index is 0. The lowest BCUT2D eigenvalue weighted by Crippen LogP contribution is -2.35. The topological polar surface area (TPSA) is 63.5 Å². The number of guanidine groups is 1. The van der Waals surface area contributed by atoms with E-state index in [0.29, 0.717) is 28.0 Å². The third-order valence-corrected chi connectivity index (χ3v) is 5.64. The van der Waals surface area contributed by atoms with Gasteiger partial charge in [-0.3, -0.25) is 0 Å². The second-order valence-corrected chi connectivity index (χ2v) is 7.76. The molecule has 1 aromatic carbocycles. The largest absolute Gasteiger partial charge is 0.493 e. The fourth-order valence-corrected chi connectivity index (χ4v) is 4.18. The van der Waals surface area contributed by atoms with Crippen LogP contribution >= 0.6 is 12.4 Å². The van der Waals surface area contributed by atoms with Crippen LogP contribution in [0, 0.1) is 0 Å². The number of methoxy groups -OCH3 is 2. The fourth-order valence-electron chi connectivity index (χ4n) is 2.80. The molecule has 3 rings (SSSR count). The molecule has 0 saturated carbocycles. The Morgan fingerprint density at radius 1 is 1.09 bits per heavy atom. The van der Waals surface area contributed by atoms with E-state index < -0.39 is 9.73 Å².